The van der Waals surface area contributed by atoms with Crippen LogP contribution in [0.3, 0.4) is 0 Å². The lowest BCUT2D eigenvalue weighted by Crippen LogP contribution is -2.36. The molecule has 2 unspecified atom stereocenters. The number of hydrogen-bond donors (Lipinski definition) is 1. The summed E-state index contributed by atoms with van der Waals surface area (Å²) in [7, 11) is 1.89. The summed E-state index contributed by atoms with van der Waals surface area (Å²) in [6.45, 7) is 9.53. The third kappa shape index (κ3) is 6.17. The second kappa shape index (κ2) is 11.8. The molecule has 1 saturated heterocycles. The van der Waals surface area contributed by atoms with Gasteiger partial charge in [-0.1, -0.05) is 6.92 Å². The Morgan fingerprint density at radius 2 is 1.95 bits per heavy atom. The average molecular weight is 595 g/mol. The molecule has 1 amide bonds. The lowest BCUT2D eigenvalue weighted by Gasteiger charge is -2.25. The Morgan fingerprint density at radius 1 is 1.24 bits per heavy atom. The molecule has 10 nitrogen and oxygen atoms in total. The SMILES string of the molecule is CCN(C)SNc1ccc(F)c(Oc2ccc3ncn(C4CC5CN(C(=O)OC(C)(C)C)CC5C4)c(=O)c3c2)c1C#N. The molecule has 3 aromatic rings. The van der Waals surface area contributed by atoms with Gasteiger partial charge in [0, 0.05) is 37.8 Å². The van der Waals surface area contributed by atoms with Gasteiger partial charge in [0.1, 0.15) is 23.0 Å². The normalized spacial score (nSPS) is 20.0. The van der Waals surface area contributed by atoms with Crippen molar-refractivity contribution < 1.29 is 18.7 Å². The van der Waals surface area contributed by atoms with E-state index in [1.54, 1.807) is 34.0 Å². The molecular formula is C30H35FN6O4S. The van der Waals surface area contributed by atoms with E-state index in [-0.39, 0.29) is 46.6 Å². The van der Waals surface area contributed by atoms with Crippen LogP contribution >= 0.6 is 12.1 Å². The molecule has 2 fully saturated rings. The van der Waals surface area contributed by atoms with Crippen LogP contribution in [0.4, 0.5) is 14.9 Å². The van der Waals surface area contributed by atoms with Gasteiger partial charge in [0.05, 0.1) is 22.9 Å². The van der Waals surface area contributed by atoms with Crippen molar-refractivity contribution in [2.45, 2.75) is 52.2 Å². The van der Waals surface area contributed by atoms with Gasteiger partial charge in [-0.05, 0) is 82.8 Å². The third-order valence-corrected chi connectivity index (χ3v) is 8.60. The van der Waals surface area contributed by atoms with Crippen molar-refractivity contribution in [3.05, 3.63) is 58.4 Å². The number of hydrogen-bond acceptors (Lipinski definition) is 9. The minimum absolute atomic E-state index is 0.0219. The summed E-state index contributed by atoms with van der Waals surface area (Å²) in [4.78, 5) is 32.4. The van der Waals surface area contributed by atoms with Crippen LogP contribution < -0.4 is 15.0 Å². The molecule has 12 heteroatoms. The number of nitriles is 1. The molecule has 0 radical (unpaired) electrons. The summed E-state index contributed by atoms with van der Waals surface area (Å²) >= 11 is 1.28. The van der Waals surface area contributed by atoms with Gasteiger partial charge in [0.25, 0.3) is 5.56 Å². The Kier molecular flexibility index (Phi) is 8.35. The number of ether oxygens (including phenoxy) is 2. The van der Waals surface area contributed by atoms with E-state index in [4.69, 9.17) is 9.47 Å². The first-order chi connectivity index (χ1) is 20.0. The van der Waals surface area contributed by atoms with Crippen LogP contribution in [0, 0.1) is 29.0 Å². The van der Waals surface area contributed by atoms with Crippen molar-refractivity contribution in [2.24, 2.45) is 11.8 Å². The molecule has 0 spiro atoms. The molecule has 2 atom stereocenters. The minimum atomic E-state index is -0.687. The smallest absolute Gasteiger partial charge is 0.410 e. The molecule has 42 heavy (non-hydrogen) atoms. The number of benzene rings is 2. The monoisotopic (exact) mass is 594 g/mol. The highest BCUT2D eigenvalue weighted by atomic mass is 32.2. The van der Waals surface area contributed by atoms with Crippen LogP contribution in [0.25, 0.3) is 10.9 Å². The van der Waals surface area contributed by atoms with E-state index in [1.807, 2.05) is 45.1 Å². The van der Waals surface area contributed by atoms with Crippen LogP contribution in [0.1, 0.15) is 52.1 Å². The lowest BCUT2D eigenvalue weighted by atomic mass is 10.0. The van der Waals surface area contributed by atoms with Gasteiger partial charge in [-0.25, -0.2) is 18.5 Å². The maximum Gasteiger partial charge on any atom is 0.410 e. The highest BCUT2D eigenvalue weighted by molar-refractivity contribution is 7.98. The number of carbonyl (C=O) groups excluding carboxylic acids is 1. The predicted octanol–water partition coefficient (Wildman–Crippen LogP) is 5.94. The van der Waals surface area contributed by atoms with Crippen molar-refractivity contribution in [3.8, 4) is 17.6 Å². The summed E-state index contributed by atoms with van der Waals surface area (Å²) in [6, 6.07) is 9.51. The number of fused-ring (bicyclic) bond motifs is 2. The van der Waals surface area contributed by atoms with E-state index in [2.05, 4.69) is 9.71 Å². The Labute approximate surface area is 248 Å². The molecule has 1 aliphatic carbocycles. The maximum atomic E-state index is 14.9. The quantitative estimate of drug-likeness (QED) is 0.332. The van der Waals surface area contributed by atoms with Gasteiger partial charge in [0.2, 0.25) is 0 Å². The molecule has 1 saturated carbocycles. The maximum absolute atomic E-state index is 14.9. The molecule has 222 valence electrons. The van der Waals surface area contributed by atoms with Crippen molar-refractivity contribution >= 4 is 34.8 Å². The van der Waals surface area contributed by atoms with Crippen molar-refractivity contribution in [1.29, 1.82) is 5.26 Å². The number of aromatic nitrogens is 2. The Hall–Kier alpha value is -3.82. The first kappa shape index (κ1) is 29.7. The molecular weight excluding hydrogens is 559 g/mol. The number of likely N-dealkylation sites (tertiary alicyclic amines) is 1. The average Bonchev–Trinajstić information content (AvgIpc) is 3.52. The molecule has 1 N–H and O–H groups in total. The van der Waals surface area contributed by atoms with Crippen molar-refractivity contribution in [2.75, 3.05) is 31.4 Å². The zero-order chi connectivity index (χ0) is 30.2. The van der Waals surface area contributed by atoms with Gasteiger partial charge in [-0.2, -0.15) is 5.26 Å². The standard InChI is InChI=1S/C30H35FN6O4S/c1-6-35(5)42-34-26-10-8-24(31)27(23(26)14-32)40-21-7-9-25-22(13-21)28(38)37(17-33-25)20-11-18-15-36(16-19(18)12-20)29(39)41-30(2,3)4/h7-10,13,17-20,34H,6,11-12,15-16H2,1-5H3. The topological polar surface area (TPSA) is 113 Å². The lowest BCUT2D eigenvalue weighted by molar-refractivity contribution is 0.0278. The van der Waals surface area contributed by atoms with Gasteiger partial charge in [-0.15, -0.1) is 0 Å². The van der Waals surface area contributed by atoms with Gasteiger partial charge in [-0.3, -0.25) is 9.36 Å². The third-order valence-electron chi connectivity index (χ3n) is 7.72. The molecule has 2 aliphatic rings. The highest BCUT2D eigenvalue weighted by Crippen LogP contribution is 2.44. The fourth-order valence-corrected chi connectivity index (χ4v) is 6.13. The van der Waals surface area contributed by atoms with E-state index in [0.717, 1.165) is 19.4 Å². The van der Waals surface area contributed by atoms with E-state index >= 15 is 0 Å². The number of rotatable bonds is 7. The van der Waals surface area contributed by atoms with Crippen LogP contribution in [0.15, 0.2) is 41.5 Å². The molecule has 2 heterocycles. The molecule has 2 aromatic carbocycles. The first-order valence-corrected chi connectivity index (χ1v) is 14.8. The number of nitrogens with one attached hydrogen (secondary N) is 1. The fraction of sp³-hybridized carbons (Fsp3) is 0.467. The van der Waals surface area contributed by atoms with E-state index in [1.165, 1.54) is 24.3 Å². The number of anilines is 1. The number of amides is 1. The summed E-state index contributed by atoms with van der Waals surface area (Å²) < 4.78 is 32.9. The summed E-state index contributed by atoms with van der Waals surface area (Å²) in [5, 5.41) is 10.2. The predicted molar refractivity (Wildman–Crippen MR) is 160 cm³/mol. The zero-order valence-corrected chi connectivity index (χ0v) is 25.2. The van der Waals surface area contributed by atoms with Gasteiger partial charge < -0.3 is 19.1 Å². The van der Waals surface area contributed by atoms with Gasteiger partial charge in [0.15, 0.2) is 11.6 Å². The Morgan fingerprint density at radius 3 is 2.60 bits per heavy atom. The van der Waals surface area contributed by atoms with Crippen molar-refractivity contribution in [3.63, 3.8) is 0 Å². The zero-order valence-electron chi connectivity index (χ0n) is 24.4. The Bertz CT molecular complexity index is 1590. The second-order valence-electron chi connectivity index (χ2n) is 11.8. The van der Waals surface area contributed by atoms with Crippen LogP contribution in [-0.2, 0) is 4.74 Å². The molecule has 0 bridgehead atoms. The molecule has 1 aromatic heterocycles. The molecule has 1 aliphatic heterocycles. The number of halogens is 1. The second-order valence-corrected chi connectivity index (χ2v) is 12.8. The van der Waals surface area contributed by atoms with Crippen LogP contribution in [0.2, 0.25) is 0 Å². The van der Waals surface area contributed by atoms with Gasteiger partial charge >= 0.3 is 6.09 Å². The summed E-state index contributed by atoms with van der Waals surface area (Å²) in [5.41, 5.74) is 0.175. The largest absolute Gasteiger partial charge is 0.453 e. The number of nitrogens with zero attached hydrogens (tertiary/aromatic N) is 5. The van der Waals surface area contributed by atoms with E-state index < -0.39 is 11.4 Å². The first-order valence-electron chi connectivity index (χ1n) is 14.0. The summed E-state index contributed by atoms with van der Waals surface area (Å²) in [5.74, 6) is -0.121. The fourth-order valence-electron chi connectivity index (χ4n) is 5.57. The number of carbonyl (C=O) groups is 1. The summed E-state index contributed by atoms with van der Waals surface area (Å²) in [6.07, 6.45) is 2.80. The molecule has 5 rings (SSSR count). The van der Waals surface area contributed by atoms with Crippen LogP contribution in [-0.4, -0.2) is 57.1 Å². The van der Waals surface area contributed by atoms with E-state index in [0.29, 0.717) is 29.7 Å². The van der Waals surface area contributed by atoms with Crippen LogP contribution in [0.5, 0.6) is 11.5 Å². The highest BCUT2D eigenvalue weighted by Gasteiger charge is 2.44. The van der Waals surface area contributed by atoms with E-state index in [9.17, 15) is 19.2 Å². The Balaban J connectivity index is 1.35. The van der Waals surface area contributed by atoms with Crippen molar-refractivity contribution in [1.82, 2.24) is 18.8 Å². The minimum Gasteiger partial charge on any atom is -0.453 e.